The van der Waals surface area contributed by atoms with Gasteiger partial charge in [0, 0.05) is 11.9 Å². The lowest BCUT2D eigenvalue weighted by Gasteiger charge is -2.22. The van der Waals surface area contributed by atoms with E-state index in [2.05, 4.69) is 41.6 Å². The maximum atomic E-state index is 3.51. The van der Waals surface area contributed by atoms with Gasteiger partial charge in [-0.1, -0.05) is 43.1 Å². The Morgan fingerprint density at radius 3 is 2.42 bits per heavy atom. The van der Waals surface area contributed by atoms with Gasteiger partial charge in [0.25, 0.3) is 0 Å². The number of unbranched alkanes of at least 4 members (excludes halogenated alkanes) is 1. The average Bonchev–Trinajstić information content (AvgIpc) is 2.11. The van der Waals surface area contributed by atoms with E-state index < -0.39 is 0 Å². The molecule has 0 aliphatic heterocycles. The first-order valence-corrected chi connectivity index (χ1v) is 6.15. The quantitative estimate of drug-likeness (QED) is 0.614. The van der Waals surface area contributed by atoms with Crippen LogP contribution in [0.4, 0.5) is 0 Å². The molecule has 74 valence electrons. The van der Waals surface area contributed by atoms with Crippen LogP contribution in [0, 0.1) is 5.92 Å². The summed E-state index contributed by atoms with van der Waals surface area (Å²) in [6.07, 6.45) is 2.64. The van der Waals surface area contributed by atoms with E-state index in [1.165, 1.54) is 32.5 Å². The van der Waals surface area contributed by atoms with Gasteiger partial charge in [-0.2, -0.15) is 0 Å². The summed E-state index contributed by atoms with van der Waals surface area (Å²) < 4.78 is 0. The Morgan fingerprint density at radius 2 is 2.00 bits per heavy atom. The summed E-state index contributed by atoms with van der Waals surface area (Å²) in [7, 11) is 0. The van der Waals surface area contributed by atoms with Crippen LogP contribution in [-0.2, 0) is 0 Å². The van der Waals surface area contributed by atoms with Crippen molar-refractivity contribution < 1.29 is 0 Å². The Balaban J connectivity index is 3.51. The van der Waals surface area contributed by atoms with Crippen molar-refractivity contribution in [2.45, 2.75) is 33.6 Å². The first-order chi connectivity index (χ1) is 5.74. The normalized spacial score (nSPS) is 13.8. The van der Waals surface area contributed by atoms with Gasteiger partial charge in [-0.15, -0.1) is 0 Å². The van der Waals surface area contributed by atoms with Gasteiger partial charge < -0.3 is 4.90 Å². The smallest absolute Gasteiger partial charge is 0.00692 e. The molecule has 0 bridgehead atoms. The molecule has 0 aliphatic rings. The Hall–Kier alpha value is 0.440. The Kier molecular flexibility index (Phi) is 8.35. The molecule has 1 atom stereocenters. The topological polar surface area (TPSA) is 3.24 Å². The molecule has 0 heterocycles. The van der Waals surface area contributed by atoms with Crippen LogP contribution in [0.5, 0.6) is 0 Å². The molecular formula is C10H22BrN. The lowest BCUT2D eigenvalue weighted by atomic mass is 10.2. The highest BCUT2D eigenvalue weighted by atomic mass is 79.9. The molecule has 0 rings (SSSR count). The van der Waals surface area contributed by atoms with Gasteiger partial charge >= 0.3 is 0 Å². The van der Waals surface area contributed by atoms with Crippen molar-refractivity contribution in [2.75, 3.05) is 25.0 Å². The minimum Gasteiger partial charge on any atom is -0.303 e. The van der Waals surface area contributed by atoms with Gasteiger partial charge in [0.1, 0.15) is 0 Å². The zero-order chi connectivity index (χ0) is 9.40. The molecule has 1 nitrogen and oxygen atoms in total. The van der Waals surface area contributed by atoms with Crippen molar-refractivity contribution in [3.05, 3.63) is 0 Å². The second-order valence-corrected chi connectivity index (χ2v) is 4.15. The number of hydrogen-bond donors (Lipinski definition) is 0. The fraction of sp³-hybridized carbons (Fsp3) is 1.00. The molecule has 0 radical (unpaired) electrons. The van der Waals surface area contributed by atoms with Crippen molar-refractivity contribution in [1.82, 2.24) is 4.90 Å². The van der Waals surface area contributed by atoms with Gasteiger partial charge in [-0.25, -0.2) is 0 Å². The highest BCUT2D eigenvalue weighted by molar-refractivity contribution is 9.09. The minimum atomic E-state index is 0.779. The molecule has 0 aromatic carbocycles. The summed E-state index contributed by atoms with van der Waals surface area (Å²) in [4.78, 5) is 2.54. The Bertz CT molecular complexity index is 95.8. The lowest BCUT2D eigenvalue weighted by molar-refractivity contribution is 0.255. The molecule has 12 heavy (non-hydrogen) atoms. The molecule has 0 aliphatic carbocycles. The molecule has 1 unspecified atom stereocenters. The monoisotopic (exact) mass is 235 g/mol. The highest BCUT2D eigenvalue weighted by Gasteiger charge is 2.06. The van der Waals surface area contributed by atoms with Crippen molar-refractivity contribution in [1.29, 1.82) is 0 Å². The summed E-state index contributed by atoms with van der Waals surface area (Å²) >= 11 is 3.51. The van der Waals surface area contributed by atoms with Crippen LogP contribution < -0.4 is 0 Å². The number of rotatable bonds is 7. The van der Waals surface area contributed by atoms with E-state index in [1.54, 1.807) is 0 Å². The van der Waals surface area contributed by atoms with Gasteiger partial charge in [0.2, 0.25) is 0 Å². The maximum absolute atomic E-state index is 3.51. The standard InChI is InChI=1S/C10H22BrN/c1-4-6-7-12(5-2)9-10(3)8-11/h10H,4-9H2,1-3H3. The largest absolute Gasteiger partial charge is 0.303 e. The fourth-order valence-corrected chi connectivity index (χ4v) is 1.45. The van der Waals surface area contributed by atoms with Crippen LogP contribution in [0.15, 0.2) is 0 Å². The third-order valence-electron chi connectivity index (χ3n) is 2.11. The van der Waals surface area contributed by atoms with Crippen LogP contribution >= 0.6 is 15.9 Å². The molecule has 0 saturated heterocycles. The van der Waals surface area contributed by atoms with Gasteiger partial charge in [-0.3, -0.25) is 0 Å². The van der Waals surface area contributed by atoms with E-state index in [1.807, 2.05) is 0 Å². The van der Waals surface area contributed by atoms with Gasteiger partial charge in [0.15, 0.2) is 0 Å². The first kappa shape index (κ1) is 12.4. The molecule has 0 saturated carbocycles. The fourth-order valence-electron chi connectivity index (χ4n) is 1.25. The average molecular weight is 236 g/mol. The van der Waals surface area contributed by atoms with Crippen LogP contribution in [0.1, 0.15) is 33.6 Å². The number of hydrogen-bond acceptors (Lipinski definition) is 1. The van der Waals surface area contributed by atoms with Crippen molar-refractivity contribution in [3.8, 4) is 0 Å². The minimum absolute atomic E-state index is 0.779. The summed E-state index contributed by atoms with van der Waals surface area (Å²) in [5.41, 5.74) is 0. The van der Waals surface area contributed by atoms with Crippen LogP contribution in [-0.4, -0.2) is 29.9 Å². The summed E-state index contributed by atoms with van der Waals surface area (Å²) in [6.45, 7) is 10.5. The second kappa shape index (κ2) is 8.06. The predicted molar refractivity (Wildman–Crippen MR) is 60.0 cm³/mol. The van der Waals surface area contributed by atoms with Gasteiger partial charge in [-0.05, 0) is 25.4 Å². The molecule has 0 aromatic rings. The van der Waals surface area contributed by atoms with Crippen LogP contribution in [0.3, 0.4) is 0 Å². The van der Waals surface area contributed by atoms with E-state index in [0.29, 0.717) is 0 Å². The predicted octanol–water partition coefficient (Wildman–Crippen LogP) is 3.14. The van der Waals surface area contributed by atoms with E-state index in [-0.39, 0.29) is 0 Å². The van der Waals surface area contributed by atoms with Crippen LogP contribution in [0.25, 0.3) is 0 Å². The summed E-state index contributed by atoms with van der Waals surface area (Å²) in [6, 6.07) is 0. The third-order valence-corrected chi connectivity index (χ3v) is 3.21. The zero-order valence-corrected chi connectivity index (χ0v) is 10.2. The lowest BCUT2D eigenvalue weighted by Crippen LogP contribution is -2.29. The summed E-state index contributed by atoms with van der Waals surface area (Å²) in [5, 5.41) is 1.12. The molecule has 0 N–H and O–H groups in total. The molecular weight excluding hydrogens is 214 g/mol. The third kappa shape index (κ3) is 6.01. The molecule has 0 fully saturated rings. The molecule has 0 aromatic heterocycles. The molecule has 2 heteroatoms. The zero-order valence-electron chi connectivity index (χ0n) is 8.65. The van der Waals surface area contributed by atoms with Crippen molar-refractivity contribution in [2.24, 2.45) is 5.92 Å². The molecule has 0 amide bonds. The first-order valence-electron chi connectivity index (χ1n) is 5.02. The summed E-state index contributed by atoms with van der Waals surface area (Å²) in [5.74, 6) is 0.779. The molecule has 0 spiro atoms. The van der Waals surface area contributed by atoms with Crippen molar-refractivity contribution >= 4 is 15.9 Å². The van der Waals surface area contributed by atoms with E-state index >= 15 is 0 Å². The van der Waals surface area contributed by atoms with Crippen LogP contribution in [0.2, 0.25) is 0 Å². The van der Waals surface area contributed by atoms with E-state index in [4.69, 9.17) is 0 Å². The SMILES string of the molecule is CCCCN(CC)CC(C)CBr. The second-order valence-electron chi connectivity index (χ2n) is 3.51. The number of nitrogens with zero attached hydrogens (tertiary/aromatic N) is 1. The van der Waals surface area contributed by atoms with E-state index in [0.717, 1.165) is 11.2 Å². The number of halogens is 1. The number of alkyl halides is 1. The van der Waals surface area contributed by atoms with Gasteiger partial charge in [0.05, 0.1) is 0 Å². The van der Waals surface area contributed by atoms with Crippen molar-refractivity contribution in [3.63, 3.8) is 0 Å². The maximum Gasteiger partial charge on any atom is 0.00692 e. The highest BCUT2D eigenvalue weighted by Crippen LogP contribution is 2.04. The Labute approximate surface area is 85.7 Å². The Morgan fingerprint density at radius 1 is 1.33 bits per heavy atom. The van der Waals surface area contributed by atoms with E-state index in [9.17, 15) is 0 Å².